The molecule has 3 heterocycles. The van der Waals surface area contributed by atoms with Gasteiger partial charge in [0.1, 0.15) is 6.10 Å². The van der Waals surface area contributed by atoms with Gasteiger partial charge in [-0.2, -0.15) is 0 Å². The number of sulfonamides is 1. The number of pyridine rings is 1. The van der Waals surface area contributed by atoms with E-state index in [1.165, 1.54) is 22.9 Å². The van der Waals surface area contributed by atoms with Crippen LogP contribution in [0.5, 0.6) is 0 Å². The Bertz CT molecular complexity index is 1590. The highest BCUT2D eigenvalue weighted by Gasteiger charge is 2.26. The Hall–Kier alpha value is -4.09. The van der Waals surface area contributed by atoms with Crippen LogP contribution in [0.25, 0.3) is 11.3 Å². The van der Waals surface area contributed by atoms with Crippen LogP contribution >= 0.6 is 0 Å². The molecule has 0 bridgehead atoms. The molecule has 11 heteroatoms. The molecule has 1 atom stereocenters. The number of rotatable bonds is 7. The average Bonchev–Trinajstić information content (AvgIpc) is 2.91. The molecule has 0 unspecified atom stereocenters. The summed E-state index contributed by atoms with van der Waals surface area (Å²) >= 11 is 0. The zero-order chi connectivity index (χ0) is 26.7. The first-order valence-electron chi connectivity index (χ1n) is 12.0. The number of benzene rings is 2. The number of hydrogen-bond donors (Lipinski definition) is 1. The molecule has 5 rings (SSSR count). The predicted molar refractivity (Wildman–Crippen MR) is 143 cm³/mol. The summed E-state index contributed by atoms with van der Waals surface area (Å²) in [6.45, 7) is 1.29. The lowest BCUT2D eigenvalue weighted by Crippen LogP contribution is -2.41. The van der Waals surface area contributed by atoms with Gasteiger partial charge in [0, 0.05) is 37.1 Å². The fourth-order valence-corrected chi connectivity index (χ4v) is 5.54. The van der Waals surface area contributed by atoms with E-state index >= 15 is 0 Å². The molecule has 1 N–H and O–H groups in total. The molecule has 38 heavy (non-hydrogen) atoms. The van der Waals surface area contributed by atoms with Crippen molar-refractivity contribution in [1.82, 2.24) is 14.5 Å². The van der Waals surface area contributed by atoms with Gasteiger partial charge < -0.3 is 9.64 Å². The Balaban J connectivity index is 1.32. The van der Waals surface area contributed by atoms with Crippen molar-refractivity contribution < 1.29 is 17.5 Å². The van der Waals surface area contributed by atoms with E-state index in [1.54, 1.807) is 43.4 Å². The number of aromatic nitrogens is 3. The number of morpholine rings is 1. The second kappa shape index (κ2) is 10.7. The second-order valence-corrected chi connectivity index (χ2v) is 10.7. The highest BCUT2D eigenvalue weighted by atomic mass is 32.2. The van der Waals surface area contributed by atoms with E-state index in [4.69, 9.17) is 4.74 Å². The molecule has 2 aromatic heterocycles. The van der Waals surface area contributed by atoms with E-state index in [0.29, 0.717) is 36.9 Å². The first kappa shape index (κ1) is 25.6. The number of ether oxygens (including phenoxy) is 1. The number of halogens is 1. The maximum absolute atomic E-state index is 14.3. The van der Waals surface area contributed by atoms with Gasteiger partial charge in [0.25, 0.3) is 5.56 Å². The summed E-state index contributed by atoms with van der Waals surface area (Å²) in [6, 6.07) is 18.8. The summed E-state index contributed by atoms with van der Waals surface area (Å²) in [5.41, 5.74) is 2.13. The van der Waals surface area contributed by atoms with Gasteiger partial charge in [0.2, 0.25) is 16.0 Å². The van der Waals surface area contributed by atoms with Crippen LogP contribution in [-0.4, -0.2) is 42.6 Å². The maximum Gasteiger partial charge on any atom is 0.255 e. The molecule has 1 saturated heterocycles. The molecule has 4 aromatic rings. The summed E-state index contributed by atoms with van der Waals surface area (Å²) in [7, 11) is -1.95. The minimum Gasteiger partial charge on any atom is -0.370 e. The van der Waals surface area contributed by atoms with Crippen LogP contribution in [0.3, 0.4) is 0 Å². The Morgan fingerprint density at radius 2 is 1.87 bits per heavy atom. The van der Waals surface area contributed by atoms with E-state index in [9.17, 15) is 17.6 Å². The Morgan fingerprint density at radius 1 is 1.11 bits per heavy atom. The van der Waals surface area contributed by atoms with Crippen molar-refractivity contribution in [3.8, 4) is 11.3 Å². The summed E-state index contributed by atoms with van der Waals surface area (Å²) in [5, 5.41) is 0. The van der Waals surface area contributed by atoms with Gasteiger partial charge in [-0.05, 0) is 29.3 Å². The van der Waals surface area contributed by atoms with Gasteiger partial charge in [-0.15, -0.1) is 0 Å². The van der Waals surface area contributed by atoms with Crippen molar-refractivity contribution in [2.45, 2.75) is 11.9 Å². The summed E-state index contributed by atoms with van der Waals surface area (Å²) in [4.78, 5) is 23.0. The first-order chi connectivity index (χ1) is 18.3. The van der Waals surface area contributed by atoms with Crippen LogP contribution in [0, 0.1) is 5.82 Å². The number of nitrogens with zero attached hydrogens (tertiary/aromatic N) is 4. The summed E-state index contributed by atoms with van der Waals surface area (Å²) in [5.74, 6) is -0.273. The zero-order valence-electron chi connectivity index (χ0n) is 20.6. The van der Waals surface area contributed by atoms with Crippen molar-refractivity contribution in [3.05, 3.63) is 106 Å². The number of anilines is 2. The molecule has 2 aromatic carbocycles. The van der Waals surface area contributed by atoms with Gasteiger partial charge in [-0.1, -0.05) is 42.5 Å². The van der Waals surface area contributed by atoms with Crippen molar-refractivity contribution in [2.75, 3.05) is 29.3 Å². The monoisotopic (exact) mass is 535 g/mol. The van der Waals surface area contributed by atoms with Crippen LogP contribution in [0.1, 0.15) is 17.2 Å². The van der Waals surface area contributed by atoms with Crippen LogP contribution < -0.4 is 15.2 Å². The molecule has 0 saturated carbocycles. The van der Waals surface area contributed by atoms with Crippen molar-refractivity contribution in [2.24, 2.45) is 7.05 Å². The van der Waals surface area contributed by atoms with E-state index in [1.807, 2.05) is 23.1 Å². The van der Waals surface area contributed by atoms with Gasteiger partial charge >= 0.3 is 0 Å². The third-order valence-electron chi connectivity index (χ3n) is 6.26. The lowest BCUT2D eigenvalue weighted by Gasteiger charge is -2.34. The van der Waals surface area contributed by atoms with Crippen LogP contribution in [0.15, 0.2) is 83.9 Å². The SMILES string of the molecule is Cn1c(N2CCO[C@@H](c3ccc(NS(=O)(=O)Cc4ccccc4)cc3)C2)nc(-c2ccncc2F)cc1=O. The molecule has 0 amide bonds. The number of nitrogens with one attached hydrogen (secondary N) is 1. The molecular formula is C27H26FN5O4S. The van der Waals surface area contributed by atoms with E-state index in [-0.39, 0.29) is 28.7 Å². The molecule has 0 spiro atoms. The maximum atomic E-state index is 14.3. The van der Waals surface area contributed by atoms with Crippen molar-refractivity contribution in [3.63, 3.8) is 0 Å². The lowest BCUT2D eigenvalue weighted by atomic mass is 10.1. The van der Waals surface area contributed by atoms with Crippen molar-refractivity contribution >= 4 is 21.7 Å². The van der Waals surface area contributed by atoms with E-state index in [0.717, 1.165) is 11.8 Å². The summed E-state index contributed by atoms with van der Waals surface area (Å²) < 4.78 is 49.5. The van der Waals surface area contributed by atoms with Crippen LogP contribution in [0.2, 0.25) is 0 Å². The Kier molecular flexibility index (Phi) is 7.21. The second-order valence-electron chi connectivity index (χ2n) is 8.97. The topological polar surface area (TPSA) is 106 Å². The molecule has 1 aliphatic heterocycles. The standard InChI is InChI=1S/C27H26FN5O4S/c1-32-26(34)15-24(22-11-12-29-16-23(22)28)30-27(32)33-13-14-37-25(17-33)20-7-9-21(10-8-20)31-38(35,36)18-19-5-3-2-4-6-19/h2-12,15-16,25,31H,13-14,17-18H2,1H3/t25-/m1/s1. The van der Waals surface area contributed by atoms with Crippen LogP contribution in [-0.2, 0) is 27.6 Å². The molecule has 9 nitrogen and oxygen atoms in total. The number of hydrogen-bond acceptors (Lipinski definition) is 7. The zero-order valence-corrected chi connectivity index (χ0v) is 21.4. The lowest BCUT2D eigenvalue weighted by molar-refractivity contribution is 0.0390. The largest absolute Gasteiger partial charge is 0.370 e. The quantitative estimate of drug-likeness (QED) is 0.386. The minimum atomic E-state index is -3.57. The molecule has 0 radical (unpaired) electrons. The van der Waals surface area contributed by atoms with E-state index < -0.39 is 15.8 Å². The van der Waals surface area contributed by atoms with Gasteiger partial charge in [-0.3, -0.25) is 19.1 Å². The highest BCUT2D eigenvalue weighted by Crippen LogP contribution is 2.28. The smallest absolute Gasteiger partial charge is 0.255 e. The fourth-order valence-electron chi connectivity index (χ4n) is 4.34. The van der Waals surface area contributed by atoms with Gasteiger partial charge in [0.15, 0.2) is 5.82 Å². The molecule has 1 aliphatic rings. The molecule has 1 fully saturated rings. The average molecular weight is 536 g/mol. The Labute approximate surface area is 219 Å². The predicted octanol–water partition coefficient (Wildman–Crippen LogP) is 3.50. The molecule has 196 valence electrons. The fraction of sp³-hybridized carbons (Fsp3) is 0.222. The van der Waals surface area contributed by atoms with E-state index in [2.05, 4.69) is 14.7 Å². The minimum absolute atomic E-state index is 0.121. The van der Waals surface area contributed by atoms with Crippen molar-refractivity contribution in [1.29, 1.82) is 0 Å². The molecule has 0 aliphatic carbocycles. The van der Waals surface area contributed by atoms with Gasteiger partial charge in [-0.25, -0.2) is 17.8 Å². The third-order valence-corrected chi connectivity index (χ3v) is 7.52. The molecular weight excluding hydrogens is 509 g/mol. The summed E-state index contributed by atoms with van der Waals surface area (Å²) in [6.07, 6.45) is 2.20. The normalized spacial score (nSPS) is 15.8. The van der Waals surface area contributed by atoms with Crippen LogP contribution in [0.4, 0.5) is 16.0 Å². The Morgan fingerprint density at radius 3 is 2.61 bits per heavy atom. The first-order valence-corrected chi connectivity index (χ1v) is 13.6. The van der Waals surface area contributed by atoms with Gasteiger partial charge in [0.05, 0.1) is 30.8 Å². The third kappa shape index (κ3) is 5.74. The highest BCUT2D eigenvalue weighted by molar-refractivity contribution is 7.91.